The molecular weight excluding hydrogens is 110 g/mol. The lowest BCUT2D eigenvalue weighted by atomic mass is 9.90. The summed E-state index contributed by atoms with van der Waals surface area (Å²) in [4.78, 5) is 0. The Kier molecular flexibility index (Phi) is 2.78. The van der Waals surface area contributed by atoms with Crippen molar-refractivity contribution in [1.82, 2.24) is 0 Å². The highest BCUT2D eigenvalue weighted by Gasteiger charge is 2.07. The van der Waals surface area contributed by atoms with Crippen molar-refractivity contribution in [2.45, 2.75) is 25.7 Å². The maximum absolute atomic E-state index is 5.36. The van der Waals surface area contributed by atoms with Crippen LogP contribution >= 0.6 is 0 Å². The number of unbranched alkanes of at least 4 members (excludes halogenated alkanes) is 1. The van der Waals surface area contributed by atoms with Crippen LogP contribution in [-0.4, -0.2) is 6.54 Å². The molecular formula is C8H15N. The van der Waals surface area contributed by atoms with Crippen molar-refractivity contribution in [2.75, 3.05) is 6.54 Å². The number of rotatable bonds is 4. The van der Waals surface area contributed by atoms with E-state index in [2.05, 4.69) is 12.2 Å². The molecule has 52 valence electrons. The van der Waals surface area contributed by atoms with Crippen molar-refractivity contribution >= 4 is 0 Å². The Morgan fingerprint density at radius 3 is 2.67 bits per heavy atom. The van der Waals surface area contributed by atoms with E-state index in [0.29, 0.717) is 0 Å². The van der Waals surface area contributed by atoms with E-state index < -0.39 is 0 Å². The molecule has 1 unspecified atom stereocenters. The van der Waals surface area contributed by atoms with Crippen LogP contribution in [0.4, 0.5) is 0 Å². The van der Waals surface area contributed by atoms with Crippen molar-refractivity contribution in [3.63, 3.8) is 0 Å². The van der Waals surface area contributed by atoms with Gasteiger partial charge in [0.1, 0.15) is 0 Å². The Morgan fingerprint density at radius 1 is 1.44 bits per heavy atom. The fourth-order valence-electron chi connectivity index (χ4n) is 1.09. The van der Waals surface area contributed by atoms with Crippen LogP contribution in [0.15, 0.2) is 12.2 Å². The Morgan fingerprint density at radius 2 is 2.22 bits per heavy atom. The van der Waals surface area contributed by atoms with Gasteiger partial charge in [0.25, 0.3) is 0 Å². The molecule has 0 saturated heterocycles. The number of hydrogen-bond donors (Lipinski definition) is 1. The molecule has 2 N–H and O–H groups in total. The summed E-state index contributed by atoms with van der Waals surface area (Å²) in [6, 6.07) is 0. The van der Waals surface area contributed by atoms with E-state index in [0.717, 1.165) is 12.5 Å². The highest BCUT2D eigenvalue weighted by Crippen LogP contribution is 2.22. The summed E-state index contributed by atoms with van der Waals surface area (Å²) >= 11 is 0. The largest absolute Gasteiger partial charge is 0.330 e. The SMILES string of the molecule is NCCCCC1C=CC1. The molecule has 0 radical (unpaired) electrons. The molecule has 0 saturated carbocycles. The third-order valence-electron chi connectivity index (χ3n) is 1.88. The first-order valence-electron chi connectivity index (χ1n) is 3.80. The lowest BCUT2D eigenvalue weighted by molar-refractivity contribution is 0.520. The predicted octanol–water partition coefficient (Wildman–Crippen LogP) is 1.69. The molecule has 1 aliphatic carbocycles. The van der Waals surface area contributed by atoms with E-state index in [4.69, 9.17) is 5.73 Å². The lowest BCUT2D eigenvalue weighted by Crippen LogP contribution is -2.04. The van der Waals surface area contributed by atoms with Crippen LogP contribution in [0.3, 0.4) is 0 Å². The Balaban J connectivity index is 1.87. The average molecular weight is 125 g/mol. The second-order valence-electron chi connectivity index (χ2n) is 2.71. The zero-order valence-corrected chi connectivity index (χ0v) is 5.84. The van der Waals surface area contributed by atoms with Crippen LogP contribution in [0.5, 0.6) is 0 Å². The zero-order chi connectivity index (χ0) is 6.53. The van der Waals surface area contributed by atoms with Crippen LogP contribution < -0.4 is 5.73 Å². The quantitative estimate of drug-likeness (QED) is 0.449. The standard InChI is InChI=1S/C8H15N/c9-7-2-1-4-8-5-3-6-8/h3,5,8H,1-2,4,6-7,9H2. The first-order valence-corrected chi connectivity index (χ1v) is 3.80. The maximum Gasteiger partial charge on any atom is -0.00773 e. The van der Waals surface area contributed by atoms with Crippen molar-refractivity contribution in [3.05, 3.63) is 12.2 Å². The van der Waals surface area contributed by atoms with Crippen LogP contribution in [0.2, 0.25) is 0 Å². The molecule has 0 fully saturated rings. The number of allylic oxidation sites excluding steroid dienone is 2. The fraction of sp³-hybridized carbons (Fsp3) is 0.750. The molecule has 9 heavy (non-hydrogen) atoms. The lowest BCUT2D eigenvalue weighted by Gasteiger charge is -2.16. The Bertz CT molecular complexity index is 96.7. The monoisotopic (exact) mass is 125 g/mol. The normalized spacial score (nSPS) is 23.9. The summed E-state index contributed by atoms with van der Waals surface area (Å²) in [5.41, 5.74) is 5.36. The third-order valence-corrected chi connectivity index (χ3v) is 1.88. The zero-order valence-electron chi connectivity index (χ0n) is 5.84. The maximum atomic E-state index is 5.36. The molecule has 1 heteroatoms. The van der Waals surface area contributed by atoms with Crippen molar-refractivity contribution in [3.8, 4) is 0 Å². The molecule has 1 aliphatic rings. The first kappa shape index (κ1) is 6.81. The van der Waals surface area contributed by atoms with Crippen molar-refractivity contribution in [2.24, 2.45) is 11.7 Å². The van der Waals surface area contributed by atoms with E-state index in [-0.39, 0.29) is 0 Å². The van der Waals surface area contributed by atoms with Crippen molar-refractivity contribution < 1.29 is 0 Å². The molecule has 0 aromatic heterocycles. The van der Waals surface area contributed by atoms with Crippen molar-refractivity contribution in [1.29, 1.82) is 0 Å². The third kappa shape index (κ3) is 2.19. The predicted molar refractivity (Wildman–Crippen MR) is 40.2 cm³/mol. The molecule has 0 bridgehead atoms. The van der Waals surface area contributed by atoms with Crippen LogP contribution in [-0.2, 0) is 0 Å². The second kappa shape index (κ2) is 3.67. The minimum Gasteiger partial charge on any atom is -0.330 e. The summed E-state index contributed by atoms with van der Waals surface area (Å²) in [6.07, 6.45) is 9.72. The summed E-state index contributed by atoms with van der Waals surface area (Å²) in [6.45, 7) is 0.858. The highest BCUT2D eigenvalue weighted by atomic mass is 14.5. The molecule has 0 aromatic carbocycles. The van der Waals surface area contributed by atoms with Crippen LogP contribution in [0.25, 0.3) is 0 Å². The molecule has 0 aliphatic heterocycles. The molecule has 1 atom stereocenters. The topological polar surface area (TPSA) is 26.0 Å². The summed E-state index contributed by atoms with van der Waals surface area (Å²) in [5.74, 6) is 0.900. The van der Waals surface area contributed by atoms with Gasteiger partial charge in [0.2, 0.25) is 0 Å². The van der Waals surface area contributed by atoms with Gasteiger partial charge in [0.05, 0.1) is 0 Å². The van der Waals surface area contributed by atoms with E-state index in [1.165, 1.54) is 25.7 Å². The van der Waals surface area contributed by atoms with E-state index >= 15 is 0 Å². The molecule has 0 aromatic rings. The van der Waals surface area contributed by atoms with Gasteiger partial charge in [-0.25, -0.2) is 0 Å². The van der Waals surface area contributed by atoms with E-state index in [9.17, 15) is 0 Å². The van der Waals surface area contributed by atoms with Gasteiger partial charge < -0.3 is 5.73 Å². The molecule has 0 amide bonds. The fourth-order valence-corrected chi connectivity index (χ4v) is 1.09. The van der Waals surface area contributed by atoms with Gasteiger partial charge in [-0.15, -0.1) is 0 Å². The Labute approximate surface area is 56.9 Å². The summed E-state index contributed by atoms with van der Waals surface area (Å²) in [7, 11) is 0. The van der Waals surface area contributed by atoms with Gasteiger partial charge in [-0.05, 0) is 31.7 Å². The molecule has 1 rings (SSSR count). The minimum atomic E-state index is 0.858. The average Bonchev–Trinajstić information content (AvgIpc) is 1.76. The number of nitrogens with two attached hydrogens (primary N) is 1. The molecule has 0 heterocycles. The van der Waals surface area contributed by atoms with Gasteiger partial charge in [-0.1, -0.05) is 18.6 Å². The van der Waals surface area contributed by atoms with Gasteiger partial charge >= 0.3 is 0 Å². The highest BCUT2D eigenvalue weighted by molar-refractivity contribution is 5.01. The Hall–Kier alpha value is -0.300. The molecule has 0 spiro atoms. The summed E-state index contributed by atoms with van der Waals surface area (Å²) in [5, 5.41) is 0. The first-order chi connectivity index (χ1) is 4.43. The van der Waals surface area contributed by atoms with E-state index in [1.807, 2.05) is 0 Å². The number of hydrogen-bond acceptors (Lipinski definition) is 1. The smallest absolute Gasteiger partial charge is 0.00773 e. The van der Waals surface area contributed by atoms with Gasteiger partial charge in [0, 0.05) is 0 Å². The van der Waals surface area contributed by atoms with E-state index in [1.54, 1.807) is 0 Å². The van der Waals surface area contributed by atoms with Gasteiger partial charge in [-0.2, -0.15) is 0 Å². The van der Waals surface area contributed by atoms with Gasteiger partial charge in [-0.3, -0.25) is 0 Å². The minimum absolute atomic E-state index is 0.858. The van der Waals surface area contributed by atoms with Crippen LogP contribution in [0, 0.1) is 5.92 Å². The summed E-state index contributed by atoms with van der Waals surface area (Å²) < 4.78 is 0. The van der Waals surface area contributed by atoms with Crippen LogP contribution in [0.1, 0.15) is 25.7 Å². The second-order valence-corrected chi connectivity index (χ2v) is 2.71. The van der Waals surface area contributed by atoms with Gasteiger partial charge in [0.15, 0.2) is 0 Å². The molecule has 1 nitrogen and oxygen atoms in total.